The van der Waals surface area contributed by atoms with E-state index in [1.165, 1.54) is 32.5 Å². The van der Waals surface area contributed by atoms with Crippen LogP contribution >= 0.6 is 0 Å². The highest BCUT2D eigenvalue weighted by Gasteiger charge is 2.28. The predicted molar refractivity (Wildman–Crippen MR) is 76.3 cm³/mol. The average Bonchev–Trinajstić information content (AvgIpc) is 2.73. The molecule has 0 radical (unpaired) electrons. The van der Waals surface area contributed by atoms with Gasteiger partial charge in [0.05, 0.1) is 0 Å². The van der Waals surface area contributed by atoms with E-state index < -0.39 is 0 Å². The van der Waals surface area contributed by atoms with Crippen LogP contribution in [0.3, 0.4) is 0 Å². The summed E-state index contributed by atoms with van der Waals surface area (Å²) in [5, 5.41) is 3.62. The summed E-state index contributed by atoms with van der Waals surface area (Å²) in [7, 11) is 0. The quantitative estimate of drug-likeness (QED) is 0.736. The van der Waals surface area contributed by atoms with Crippen molar-refractivity contribution in [3.63, 3.8) is 0 Å². The van der Waals surface area contributed by atoms with E-state index in [4.69, 9.17) is 0 Å². The highest BCUT2D eigenvalue weighted by molar-refractivity contribution is 4.83. The highest BCUT2D eigenvalue weighted by Crippen LogP contribution is 2.25. The van der Waals surface area contributed by atoms with Gasteiger partial charge in [-0.15, -0.1) is 0 Å². The summed E-state index contributed by atoms with van der Waals surface area (Å²) >= 11 is 0. The fourth-order valence-corrected chi connectivity index (χ4v) is 2.76. The Hall–Kier alpha value is -0.0800. The summed E-state index contributed by atoms with van der Waals surface area (Å²) in [6.45, 7) is 16.6. The van der Waals surface area contributed by atoms with E-state index >= 15 is 0 Å². The monoisotopic (exact) mass is 240 g/mol. The largest absolute Gasteiger partial charge is 0.315 e. The number of hydrogen-bond acceptors (Lipinski definition) is 2. The van der Waals surface area contributed by atoms with E-state index in [2.05, 4.69) is 44.8 Å². The van der Waals surface area contributed by atoms with Gasteiger partial charge in [-0.2, -0.15) is 0 Å². The smallest absolute Gasteiger partial charge is 0.0218 e. The second kappa shape index (κ2) is 7.38. The Bertz CT molecular complexity index is 201. The molecule has 0 spiro atoms. The van der Waals surface area contributed by atoms with Crippen molar-refractivity contribution in [2.24, 2.45) is 17.8 Å². The molecule has 0 aromatic rings. The first-order valence-corrected chi connectivity index (χ1v) is 7.49. The van der Waals surface area contributed by atoms with Gasteiger partial charge in [0.1, 0.15) is 0 Å². The maximum absolute atomic E-state index is 3.62. The van der Waals surface area contributed by atoms with Crippen LogP contribution < -0.4 is 5.32 Å². The van der Waals surface area contributed by atoms with Gasteiger partial charge in [-0.05, 0) is 43.7 Å². The normalized spacial score (nSPS) is 23.8. The molecule has 1 N–H and O–H groups in total. The van der Waals surface area contributed by atoms with Crippen LogP contribution in [-0.4, -0.2) is 37.1 Å². The molecule has 1 heterocycles. The van der Waals surface area contributed by atoms with Gasteiger partial charge in [-0.25, -0.2) is 0 Å². The summed E-state index contributed by atoms with van der Waals surface area (Å²) in [6.07, 6.45) is 2.67. The molecule has 1 fully saturated rings. The average molecular weight is 240 g/mol. The number of nitrogens with one attached hydrogen (secondary N) is 1. The van der Waals surface area contributed by atoms with Gasteiger partial charge < -0.3 is 5.32 Å². The second-order valence-electron chi connectivity index (χ2n) is 6.40. The van der Waals surface area contributed by atoms with Gasteiger partial charge >= 0.3 is 0 Å². The minimum absolute atomic E-state index is 0.748. The van der Waals surface area contributed by atoms with Crippen LogP contribution in [-0.2, 0) is 0 Å². The molecule has 2 nitrogen and oxygen atoms in total. The SMILES string of the molecule is CCC(CNCC(C)C)N1CCC(C(C)C)C1. The van der Waals surface area contributed by atoms with Gasteiger partial charge in [-0.3, -0.25) is 4.90 Å². The van der Waals surface area contributed by atoms with E-state index in [1.54, 1.807) is 0 Å². The molecule has 0 aromatic carbocycles. The molecule has 2 atom stereocenters. The number of hydrogen-bond donors (Lipinski definition) is 1. The fourth-order valence-electron chi connectivity index (χ4n) is 2.76. The second-order valence-corrected chi connectivity index (χ2v) is 6.40. The van der Waals surface area contributed by atoms with E-state index in [1.807, 2.05) is 0 Å². The minimum atomic E-state index is 0.748. The van der Waals surface area contributed by atoms with Crippen LogP contribution in [0.1, 0.15) is 47.5 Å². The van der Waals surface area contributed by atoms with Crippen molar-refractivity contribution in [2.75, 3.05) is 26.2 Å². The van der Waals surface area contributed by atoms with Crippen LogP contribution in [0, 0.1) is 17.8 Å². The van der Waals surface area contributed by atoms with Crippen molar-refractivity contribution in [3.05, 3.63) is 0 Å². The van der Waals surface area contributed by atoms with Crippen molar-refractivity contribution in [3.8, 4) is 0 Å². The van der Waals surface area contributed by atoms with E-state index in [-0.39, 0.29) is 0 Å². The zero-order valence-electron chi connectivity index (χ0n) is 12.5. The molecule has 2 heteroatoms. The predicted octanol–water partition coefficient (Wildman–Crippen LogP) is 2.99. The molecule has 2 unspecified atom stereocenters. The van der Waals surface area contributed by atoms with E-state index in [9.17, 15) is 0 Å². The summed E-state index contributed by atoms with van der Waals surface area (Å²) < 4.78 is 0. The molecular formula is C15H32N2. The lowest BCUT2D eigenvalue weighted by molar-refractivity contribution is 0.213. The summed E-state index contributed by atoms with van der Waals surface area (Å²) in [6, 6.07) is 0.748. The molecule has 0 saturated carbocycles. The van der Waals surface area contributed by atoms with Gasteiger partial charge in [0, 0.05) is 19.1 Å². The zero-order valence-corrected chi connectivity index (χ0v) is 12.5. The Morgan fingerprint density at radius 3 is 2.35 bits per heavy atom. The van der Waals surface area contributed by atoms with Crippen molar-refractivity contribution in [2.45, 2.75) is 53.5 Å². The third-order valence-electron chi connectivity index (χ3n) is 4.12. The number of nitrogens with zero attached hydrogens (tertiary/aromatic N) is 1. The van der Waals surface area contributed by atoms with Gasteiger partial charge in [0.15, 0.2) is 0 Å². The molecule has 1 aliphatic rings. The van der Waals surface area contributed by atoms with Crippen LogP contribution in [0.2, 0.25) is 0 Å². The lowest BCUT2D eigenvalue weighted by atomic mass is 9.95. The van der Waals surface area contributed by atoms with Crippen LogP contribution in [0.4, 0.5) is 0 Å². The molecule has 17 heavy (non-hydrogen) atoms. The Morgan fingerprint density at radius 1 is 1.18 bits per heavy atom. The standard InChI is InChI=1S/C15H32N2/c1-6-15(10-16-9-12(2)3)17-8-7-14(11-17)13(4)5/h12-16H,6-11H2,1-5H3. The highest BCUT2D eigenvalue weighted by atomic mass is 15.2. The van der Waals surface area contributed by atoms with Crippen LogP contribution in [0.25, 0.3) is 0 Å². The molecule has 1 aliphatic heterocycles. The van der Waals surface area contributed by atoms with Crippen molar-refractivity contribution in [1.29, 1.82) is 0 Å². The van der Waals surface area contributed by atoms with Gasteiger partial charge in [0.25, 0.3) is 0 Å². The molecular weight excluding hydrogens is 208 g/mol. The minimum Gasteiger partial charge on any atom is -0.315 e. The van der Waals surface area contributed by atoms with Crippen molar-refractivity contribution < 1.29 is 0 Å². The third kappa shape index (κ3) is 4.97. The van der Waals surface area contributed by atoms with Gasteiger partial charge in [0.2, 0.25) is 0 Å². The third-order valence-corrected chi connectivity index (χ3v) is 4.12. The maximum atomic E-state index is 3.62. The van der Waals surface area contributed by atoms with E-state index in [0.717, 1.165) is 30.3 Å². The Morgan fingerprint density at radius 2 is 1.88 bits per heavy atom. The van der Waals surface area contributed by atoms with Gasteiger partial charge in [-0.1, -0.05) is 34.6 Å². The Balaban J connectivity index is 2.31. The number of rotatable bonds is 7. The lowest BCUT2D eigenvalue weighted by Crippen LogP contribution is -2.41. The lowest BCUT2D eigenvalue weighted by Gasteiger charge is -2.28. The van der Waals surface area contributed by atoms with Crippen LogP contribution in [0.5, 0.6) is 0 Å². The first-order valence-electron chi connectivity index (χ1n) is 7.49. The fraction of sp³-hybridized carbons (Fsp3) is 1.00. The van der Waals surface area contributed by atoms with E-state index in [0.29, 0.717) is 0 Å². The molecule has 0 aliphatic carbocycles. The molecule has 0 amide bonds. The zero-order chi connectivity index (χ0) is 12.8. The molecule has 1 saturated heterocycles. The summed E-state index contributed by atoms with van der Waals surface area (Å²) in [5.74, 6) is 2.53. The Kier molecular flexibility index (Phi) is 6.50. The number of likely N-dealkylation sites (tertiary alicyclic amines) is 1. The molecule has 0 aromatic heterocycles. The Labute approximate surface area is 108 Å². The molecule has 102 valence electrons. The van der Waals surface area contributed by atoms with Crippen molar-refractivity contribution >= 4 is 0 Å². The summed E-state index contributed by atoms with van der Waals surface area (Å²) in [5.41, 5.74) is 0. The summed E-state index contributed by atoms with van der Waals surface area (Å²) in [4.78, 5) is 2.71. The first kappa shape index (κ1) is 15.0. The van der Waals surface area contributed by atoms with Crippen molar-refractivity contribution in [1.82, 2.24) is 10.2 Å². The molecule has 0 bridgehead atoms. The first-order chi connectivity index (χ1) is 8.04. The maximum Gasteiger partial charge on any atom is 0.0218 e. The topological polar surface area (TPSA) is 15.3 Å². The molecule has 1 rings (SSSR count). The van der Waals surface area contributed by atoms with Crippen LogP contribution in [0.15, 0.2) is 0 Å².